The van der Waals surface area contributed by atoms with E-state index in [9.17, 15) is 4.79 Å². The van der Waals surface area contributed by atoms with Crippen molar-refractivity contribution in [1.29, 1.82) is 0 Å². The molecule has 1 atom stereocenters. The Morgan fingerprint density at radius 2 is 1.72 bits per heavy atom. The second-order valence-corrected chi connectivity index (χ2v) is 8.25. The highest BCUT2D eigenvalue weighted by molar-refractivity contribution is 6.54. The summed E-state index contributed by atoms with van der Waals surface area (Å²) in [5.74, 6) is 1.28. The Bertz CT molecular complexity index is 1130. The van der Waals surface area contributed by atoms with Gasteiger partial charge in [-0.3, -0.25) is 14.6 Å². The molecular formula is C27H27N3O2. The first-order valence-electron chi connectivity index (χ1n) is 11.2. The molecule has 0 aliphatic carbocycles. The molecule has 2 aliphatic heterocycles. The van der Waals surface area contributed by atoms with Gasteiger partial charge < -0.3 is 4.74 Å². The Hall–Kier alpha value is -3.44. The lowest BCUT2D eigenvalue weighted by Gasteiger charge is -2.24. The van der Waals surface area contributed by atoms with Crippen LogP contribution >= 0.6 is 0 Å². The fourth-order valence-electron chi connectivity index (χ4n) is 4.58. The number of hydrogen-bond donors (Lipinski definition) is 0. The number of rotatable bonds is 6. The molecule has 2 heterocycles. The molecule has 5 heteroatoms. The van der Waals surface area contributed by atoms with Crippen molar-refractivity contribution in [3.05, 3.63) is 90.0 Å². The van der Waals surface area contributed by atoms with Gasteiger partial charge in [-0.2, -0.15) is 0 Å². The van der Waals surface area contributed by atoms with Crippen LogP contribution in [0.2, 0.25) is 0 Å². The minimum atomic E-state index is -0.0387. The predicted octanol–water partition coefficient (Wildman–Crippen LogP) is 5.00. The summed E-state index contributed by atoms with van der Waals surface area (Å²) in [6, 6.07) is 26.2. The molecule has 32 heavy (non-hydrogen) atoms. The molecule has 1 saturated heterocycles. The Morgan fingerprint density at radius 1 is 0.969 bits per heavy atom. The summed E-state index contributed by atoms with van der Waals surface area (Å²) in [7, 11) is 0. The number of para-hydroxylation sites is 1. The number of fused-ring (bicyclic) bond motifs is 1. The third-order valence-electron chi connectivity index (χ3n) is 6.17. The minimum Gasteiger partial charge on any atom is -0.494 e. The maximum absolute atomic E-state index is 13.4. The molecule has 5 nitrogen and oxygen atoms in total. The summed E-state index contributed by atoms with van der Waals surface area (Å²) in [6.45, 7) is 5.11. The first kappa shape index (κ1) is 20.5. The van der Waals surface area contributed by atoms with Crippen molar-refractivity contribution >= 4 is 23.0 Å². The van der Waals surface area contributed by atoms with Crippen LogP contribution in [0.15, 0.2) is 83.9 Å². The van der Waals surface area contributed by atoms with Gasteiger partial charge in [0.1, 0.15) is 11.5 Å². The fourth-order valence-corrected chi connectivity index (χ4v) is 4.58. The molecule has 1 amide bonds. The number of nitrogens with zero attached hydrogens (tertiary/aromatic N) is 3. The quantitative estimate of drug-likeness (QED) is 0.558. The third-order valence-corrected chi connectivity index (χ3v) is 6.17. The Morgan fingerprint density at radius 3 is 2.50 bits per heavy atom. The van der Waals surface area contributed by atoms with E-state index < -0.39 is 0 Å². The molecular weight excluding hydrogens is 398 g/mol. The van der Waals surface area contributed by atoms with Gasteiger partial charge in [0.05, 0.1) is 24.7 Å². The average molecular weight is 426 g/mol. The van der Waals surface area contributed by atoms with Crippen molar-refractivity contribution < 1.29 is 9.53 Å². The molecule has 1 unspecified atom stereocenters. The number of carbonyl (C=O) groups is 1. The number of anilines is 1. The van der Waals surface area contributed by atoms with E-state index in [0.717, 1.165) is 42.2 Å². The number of ether oxygens (including phenoxy) is 1. The maximum Gasteiger partial charge on any atom is 0.278 e. The van der Waals surface area contributed by atoms with Crippen molar-refractivity contribution in [2.75, 3.05) is 31.3 Å². The van der Waals surface area contributed by atoms with E-state index >= 15 is 0 Å². The molecule has 5 rings (SSSR count). The fraction of sp³-hybridized carbons (Fsp3) is 0.259. The van der Waals surface area contributed by atoms with E-state index in [1.807, 2.05) is 60.4 Å². The van der Waals surface area contributed by atoms with Crippen molar-refractivity contribution in [2.45, 2.75) is 19.3 Å². The highest BCUT2D eigenvalue weighted by Crippen LogP contribution is 2.33. The van der Waals surface area contributed by atoms with Gasteiger partial charge in [-0.05, 0) is 55.2 Å². The minimum absolute atomic E-state index is 0.0387. The summed E-state index contributed by atoms with van der Waals surface area (Å²) in [6.07, 6.45) is 1.11. The van der Waals surface area contributed by atoms with Gasteiger partial charge in [0.2, 0.25) is 0 Å². The number of likely N-dealkylation sites (tertiary alicyclic amines) is 1. The van der Waals surface area contributed by atoms with Crippen molar-refractivity contribution in [3.8, 4) is 5.75 Å². The lowest BCUT2D eigenvalue weighted by atomic mass is 9.99. The van der Waals surface area contributed by atoms with Crippen LogP contribution in [-0.2, 0) is 4.79 Å². The van der Waals surface area contributed by atoms with Gasteiger partial charge in [0, 0.05) is 18.7 Å². The lowest BCUT2D eigenvalue weighted by molar-refractivity contribution is -0.112. The van der Waals surface area contributed by atoms with Crippen LogP contribution < -0.4 is 9.64 Å². The molecule has 3 aromatic rings. The first-order chi connectivity index (χ1) is 15.7. The first-order valence-corrected chi connectivity index (χ1v) is 11.2. The summed E-state index contributed by atoms with van der Waals surface area (Å²) >= 11 is 0. The third kappa shape index (κ3) is 4.04. The molecule has 0 bridgehead atoms. The van der Waals surface area contributed by atoms with Crippen LogP contribution in [0.4, 0.5) is 11.4 Å². The average Bonchev–Trinajstić information content (AvgIpc) is 3.40. The molecule has 2 aliphatic rings. The second kappa shape index (κ2) is 8.97. The predicted molar refractivity (Wildman–Crippen MR) is 128 cm³/mol. The van der Waals surface area contributed by atoms with Gasteiger partial charge in [0.25, 0.3) is 5.91 Å². The van der Waals surface area contributed by atoms with Gasteiger partial charge in [-0.15, -0.1) is 0 Å². The van der Waals surface area contributed by atoms with Gasteiger partial charge in [-0.25, -0.2) is 4.99 Å². The van der Waals surface area contributed by atoms with E-state index in [-0.39, 0.29) is 5.91 Å². The summed E-state index contributed by atoms with van der Waals surface area (Å²) < 4.78 is 5.51. The van der Waals surface area contributed by atoms with Crippen LogP contribution in [0.5, 0.6) is 5.75 Å². The highest BCUT2D eigenvalue weighted by atomic mass is 16.5. The van der Waals surface area contributed by atoms with E-state index in [4.69, 9.17) is 9.73 Å². The van der Waals surface area contributed by atoms with Crippen molar-refractivity contribution in [1.82, 2.24) is 4.90 Å². The SMILES string of the molecule is CCOc1ccc(N=C2C(=O)N(CN3CCC(c4ccccc4)C3)c3ccccc32)cc1. The van der Waals surface area contributed by atoms with Crippen LogP contribution in [0.25, 0.3) is 0 Å². The number of hydrogen-bond acceptors (Lipinski definition) is 4. The monoisotopic (exact) mass is 425 g/mol. The summed E-state index contributed by atoms with van der Waals surface area (Å²) in [4.78, 5) is 22.4. The van der Waals surface area contributed by atoms with Crippen LogP contribution in [0.3, 0.4) is 0 Å². The van der Waals surface area contributed by atoms with Crippen molar-refractivity contribution in [2.24, 2.45) is 4.99 Å². The molecule has 0 radical (unpaired) electrons. The molecule has 0 spiro atoms. The number of amides is 1. The Balaban J connectivity index is 1.36. The van der Waals surface area contributed by atoms with E-state index in [1.165, 1.54) is 5.56 Å². The Labute approximate surface area is 189 Å². The highest BCUT2D eigenvalue weighted by Gasteiger charge is 2.36. The number of benzene rings is 3. The lowest BCUT2D eigenvalue weighted by Crippen LogP contribution is -2.40. The summed E-state index contributed by atoms with van der Waals surface area (Å²) in [5.41, 5.74) is 4.46. The van der Waals surface area contributed by atoms with E-state index in [0.29, 0.717) is 24.9 Å². The Kier molecular flexibility index (Phi) is 5.73. The zero-order chi connectivity index (χ0) is 21.9. The topological polar surface area (TPSA) is 45.1 Å². The summed E-state index contributed by atoms with van der Waals surface area (Å²) in [5, 5.41) is 0. The standard InChI is InChI=1S/C27H27N3O2/c1-2-32-23-14-12-22(13-15-23)28-26-24-10-6-7-11-25(24)30(27(26)31)19-29-17-16-21(18-29)20-8-4-3-5-9-20/h3-15,21H,2,16-19H2,1H3. The number of carbonyl (C=O) groups excluding carboxylic acids is 1. The normalized spacial score (nSPS) is 19.5. The molecule has 0 N–H and O–H groups in total. The van der Waals surface area contributed by atoms with Gasteiger partial charge in [-0.1, -0.05) is 48.5 Å². The van der Waals surface area contributed by atoms with Gasteiger partial charge in [0.15, 0.2) is 0 Å². The zero-order valence-electron chi connectivity index (χ0n) is 18.3. The molecule has 1 fully saturated rings. The van der Waals surface area contributed by atoms with Crippen molar-refractivity contribution in [3.63, 3.8) is 0 Å². The molecule has 0 aromatic heterocycles. The van der Waals surface area contributed by atoms with Gasteiger partial charge >= 0.3 is 0 Å². The molecule has 3 aromatic carbocycles. The number of aliphatic imine (C=N–C) groups is 1. The van der Waals surface area contributed by atoms with Crippen LogP contribution in [-0.4, -0.2) is 42.9 Å². The second-order valence-electron chi connectivity index (χ2n) is 8.25. The van der Waals surface area contributed by atoms with E-state index in [2.05, 4.69) is 35.2 Å². The van der Waals surface area contributed by atoms with Crippen LogP contribution in [0, 0.1) is 0 Å². The molecule has 162 valence electrons. The smallest absolute Gasteiger partial charge is 0.278 e. The largest absolute Gasteiger partial charge is 0.494 e. The van der Waals surface area contributed by atoms with E-state index in [1.54, 1.807) is 0 Å². The maximum atomic E-state index is 13.4. The molecule has 0 saturated carbocycles. The zero-order valence-corrected chi connectivity index (χ0v) is 18.3. The van der Waals surface area contributed by atoms with Crippen LogP contribution in [0.1, 0.15) is 30.4 Å².